The van der Waals surface area contributed by atoms with Crippen molar-refractivity contribution >= 4 is 27.5 Å². The number of aliphatic carboxylic acids is 1. The zero-order chi connectivity index (χ0) is 21.2. The zero-order valence-corrected chi connectivity index (χ0v) is 17.0. The van der Waals surface area contributed by atoms with E-state index in [1.165, 1.54) is 22.6 Å². The lowest BCUT2D eigenvalue weighted by Gasteiger charge is -2.23. The molecular formula is C18H19BrF3N5O2. The molecule has 0 amide bonds. The van der Waals surface area contributed by atoms with Gasteiger partial charge in [0.1, 0.15) is 5.65 Å². The van der Waals surface area contributed by atoms with Crippen LogP contribution in [0.25, 0.3) is 5.65 Å². The quantitative estimate of drug-likeness (QED) is 0.541. The second-order valence-electron chi connectivity index (χ2n) is 6.72. The molecule has 29 heavy (non-hydrogen) atoms. The Labute approximate surface area is 172 Å². The first-order valence-electron chi connectivity index (χ1n) is 8.83. The van der Waals surface area contributed by atoms with Crippen LogP contribution >= 0.6 is 15.9 Å². The van der Waals surface area contributed by atoms with Gasteiger partial charge in [0, 0.05) is 29.0 Å². The largest absolute Gasteiger partial charge is 0.490 e. The SMILES string of the molecule is Cc1[nH]nc2c1CC(NCc1cnc3ccc(Br)cn13)CC2.O=C(O)C(F)(F)F. The van der Waals surface area contributed by atoms with Gasteiger partial charge in [-0.3, -0.25) is 5.10 Å². The highest BCUT2D eigenvalue weighted by Gasteiger charge is 2.38. The molecule has 4 rings (SSSR count). The summed E-state index contributed by atoms with van der Waals surface area (Å²) in [5.41, 5.74) is 6.02. The average molecular weight is 474 g/mol. The number of carboxylic acids is 1. The summed E-state index contributed by atoms with van der Waals surface area (Å²) < 4.78 is 34.9. The number of nitrogens with zero attached hydrogens (tertiary/aromatic N) is 3. The lowest BCUT2D eigenvalue weighted by Crippen LogP contribution is -2.34. The van der Waals surface area contributed by atoms with Crippen LogP contribution in [0.2, 0.25) is 0 Å². The summed E-state index contributed by atoms with van der Waals surface area (Å²) in [6.45, 7) is 2.94. The normalized spacial score (nSPS) is 16.2. The molecule has 3 aromatic heterocycles. The van der Waals surface area contributed by atoms with Gasteiger partial charge in [0.15, 0.2) is 0 Å². The molecule has 0 aromatic carbocycles. The van der Waals surface area contributed by atoms with Crippen LogP contribution in [0.4, 0.5) is 13.2 Å². The molecule has 0 radical (unpaired) electrons. The van der Waals surface area contributed by atoms with E-state index in [-0.39, 0.29) is 0 Å². The number of aryl methyl sites for hydroxylation is 2. The molecule has 0 bridgehead atoms. The first-order valence-corrected chi connectivity index (χ1v) is 9.62. The van der Waals surface area contributed by atoms with E-state index in [4.69, 9.17) is 9.90 Å². The third kappa shape index (κ3) is 5.15. The Balaban J connectivity index is 0.000000298. The summed E-state index contributed by atoms with van der Waals surface area (Å²) in [5.74, 6) is -2.76. The number of carboxylic acid groups (broad SMARTS) is 1. The van der Waals surface area contributed by atoms with Crippen molar-refractivity contribution in [2.75, 3.05) is 0 Å². The maximum Gasteiger partial charge on any atom is 0.490 e. The summed E-state index contributed by atoms with van der Waals surface area (Å²) in [6.07, 6.45) is 2.18. The Kier molecular flexibility index (Phi) is 6.27. The minimum atomic E-state index is -5.08. The number of hydrogen-bond donors (Lipinski definition) is 3. The highest BCUT2D eigenvalue weighted by molar-refractivity contribution is 9.10. The molecule has 11 heteroatoms. The van der Waals surface area contributed by atoms with Crippen LogP contribution in [0.5, 0.6) is 0 Å². The number of carbonyl (C=O) groups is 1. The van der Waals surface area contributed by atoms with Crippen molar-refractivity contribution in [3.8, 4) is 0 Å². The minimum absolute atomic E-state index is 0.501. The molecule has 0 aliphatic heterocycles. The molecule has 0 fully saturated rings. The van der Waals surface area contributed by atoms with Gasteiger partial charge in [0.2, 0.25) is 0 Å². The van der Waals surface area contributed by atoms with Crippen molar-refractivity contribution in [2.24, 2.45) is 0 Å². The second-order valence-corrected chi connectivity index (χ2v) is 7.64. The van der Waals surface area contributed by atoms with Crippen LogP contribution in [-0.2, 0) is 24.2 Å². The van der Waals surface area contributed by atoms with E-state index in [0.717, 1.165) is 35.9 Å². The Morgan fingerprint density at radius 2 is 2.17 bits per heavy atom. The van der Waals surface area contributed by atoms with Gasteiger partial charge in [0.25, 0.3) is 0 Å². The lowest BCUT2D eigenvalue weighted by molar-refractivity contribution is -0.192. The summed E-state index contributed by atoms with van der Waals surface area (Å²) in [5, 5.41) is 18.3. The molecule has 3 aromatic rings. The predicted molar refractivity (Wildman–Crippen MR) is 103 cm³/mol. The number of aromatic nitrogens is 4. The zero-order valence-electron chi connectivity index (χ0n) is 15.4. The van der Waals surface area contributed by atoms with E-state index in [1.807, 2.05) is 18.3 Å². The summed E-state index contributed by atoms with van der Waals surface area (Å²) in [4.78, 5) is 13.3. The van der Waals surface area contributed by atoms with E-state index in [0.29, 0.717) is 6.04 Å². The number of imidazole rings is 1. The van der Waals surface area contributed by atoms with Crippen molar-refractivity contribution in [3.63, 3.8) is 0 Å². The van der Waals surface area contributed by atoms with Crippen molar-refractivity contribution < 1.29 is 23.1 Å². The number of fused-ring (bicyclic) bond motifs is 2. The van der Waals surface area contributed by atoms with Crippen LogP contribution in [0.15, 0.2) is 29.0 Å². The van der Waals surface area contributed by atoms with Crippen LogP contribution in [-0.4, -0.2) is 42.9 Å². The fourth-order valence-electron chi connectivity index (χ4n) is 3.20. The van der Waals surface area contributed by atoms with Gasteiger partial charge in [-0.05, 0) is 59.8 Å². The smallest absolute Gasteiger partial charge is 0.475 e. The van der Waals surface area contributed by atoms with Gasteiger partial charge in [-0.15, -0.1) is 0 Å². The fraction of sp³-hybridized carbons (Fsp3) is 0.389. The van der Waals surface area contributed by atoms with Crippen molar-refractivity contribution in [1.82, 2.24) is 24.9 Å². The highest BCUT2D eigenvalue weighted by Crippen LogP contribution is 2.22. The molecule has 3 heterocycles. The average Bonchev–Trinajstić information content (AvgIpc) is 3.23. The molecule has 1 atom stereocenters. The van der Waals surface area contributed by atoms with Crippen molar-refractivity contribution in [2.45, 2.75) is 44.9 Å². The van der Waals surface area contributed by atoms with Gasteiger partial charge < -0.3 is 14.8 Å². The summed E-state index contributed by atoms with van der Waals surface area (Å²) in [6, 6.07) is 4.54. The third-order valence-corrected chi connectivity index (χ3v) is 5.17. The number of hydrogen-bond acceptors (Lipinski definition) is 4. The molecule has 156 valence electrons. The van der Waals surface area contributed by atoms with Gasteiger partial charge in [0.05, 0.1) is 17.6 Å². The molecule has 1 unspecified atom stereocenters. The Morgan fingerprint density at radius 3 is 2.86 bits per heavy atom. The number of H-pyrrole nitrogens is 1. The molecule has 7 nitrogen and oxygen atoms in total. The number of aromatic amines is 1. The van der Waals surface area contributed by atoms with Gasteiger partial charge >= 0.3 is 12.1 Å². The first kappa shape index (κ1) is 21.3. The number of halogens is 4. The number of rotatable bonds is 3. The fourth-order valence-corrected chi connectivity index (χ4v) is 3.54. The van der Waals surface area contributed by atoms with Gasteiger partial charge in [-0.1, -0.05) is 0 Å². The Morgan fingerprint density at radius 1 is 1.45 bits per heavy atom. The monoisotopic (exact) mass is 473 g/mol. The standard InChI is InChI=1S/C16H18BrN5.C2HF3O2/c1-10-14-6-12(3-4-15(14)21-20-10)18-7-13-8-19-16-5-2-11(17)9-22(13)16;3-2(4,5)1(6)7/h2,5,8-9,12,18H,3-4,6-7H2,1H3,(H,20,21);(H,6,7). The van der Waals surface area contributed by atoms with E-state index in [2.05, 4.69) is 53.9 Å². The molecule has 1 aliphatic rings. The second kappa shape index (κ2) is 8.54. The van der Waals surface area contributed by atoms with Gasteiger partial charge in [-0.25, -0.2) is 9.78 Å². The first-order chi connectivity index (χ1) is 13.6. The summed E-state index contributed by atoms with van der Waals surface area (Å²) >= 11 is 3.52. The van der Waals surface area contributed by atoms with Crippen LogP contribution in [0.1, 0.15) is 29.1 Å². The van der Waals surface area contributed by atoms with E-state index in [9.17, 15) is 13.2 Å². The maximum absolute atomic E-state index is 10.6. The third-order valence-electron chi connectivity index (χ3n) is 4.70. The van der Waals surface area contributed by atoms with Crippen LogP contribution < -0.4 is 5.32 Å². The van der Waals surface area contributed by atoms with Crippen LogP contribution in [0.3, 0.4) is 0 Å². The van der Waals surface area contributed by atoms with Gasteiger partial charge in [-0.2, -0.15) is 18.3 Å². The van der Waals surface area contributed by atoms with Crippen molar-refractivity contribution in [1.29, 1.82) is 0 Å². The maximum atomic E-state index is 10.6. The predicted octanol–water partition coefficient (Wildman–Crippen LogP) is 3.41. The van der Waals surface area contributed by atoms with E-state index in [1.54, 1.807) is 0 Å². The number of nitrogens with one attached hydrogen (secondary N) is 2. The van der Waals surface area contributed by atoms with E-state index >= 15 is 0 Å². The number of alkyl halides is 3. The summed E-state index contributed by atoms with van der Waals surface area (Å²) in [7, 11) is 0. The molecular weight excluding hydrogens is 455 g/mol. The van der Waals surface area contributed by atoms with Crippen molar-refractivity contribution in [3.05, 3.63) is 51.6 Å². The molecule has 0 saturated heterocycles. The topological polar surface area (TPSA) is 95.3 Å². The Hall–Kier alpha value is -2.40. The lowest BCUT2D eigenvalue weighted by atomic mass is 9.92. The minimum Gasteiger partial charge on any atom is -0.475 e. The molecule has 0 spiro atoms. The number of pyridine rings is 1. The molecule has 0 saturated carbocycles. The molecule has 1 aliphatic carbocycles. The van der Waals surface area contributed by atoms with Crippen LogP contribution in [0, 0.1) is 6.92 Å². The highest BCUT2D eigenvalue weighted by atomic mass is 79.9. The van der Waals surface area contributed by atoms with E-state index < -0.39 is 12.1 Å². The molecule has 3 N–H and O–H groups in total. The Bertz CT molecular complexity index is 1010.